The molecule has 0 saturated carbocycles. The van der Waals surface area contributed by atoms with Gasteiger partial charge in [0, 0.05) is 26.3 Å². The molecule has 31 heavy (non-hydrogen) atoms. The molecule has 2 aromatic carbocycles. The summed E-state index contributed by atoms with van der Waals surface area (Å²) in [6.07, 6.45) is 0.921. The minimum Gasteiger partial charge on any atom is -0.462 e. The molecule has 0 aliphatic rings. The van der Waals surface area contributed by atoms with Crippen molar-refractivity contribution in [3.05, 3.63) is 53.9 Å². The number of hydrogen-bond acceptors (Lipinski definition) is 6. The van der Waals surface area contributed by atoms with Gasteiger partial charge in [-0.3, -0.25) is 0 Å². The lowest BCUT2D eigenvalue weighted by atomic mass is 10.2. The van der Waals surface area contributed by atoms with Crippen LogP contribution in [0.1, 0.15) is 36.5 Å². The van der Waals surface area contributed by atoms with Crippen molar-refractivity contribution in [2.75, 3.05) is 26.0 Å². The Morgan fingerprint density at radius 1 is 1.13 bits per heavy atom. The van der Waals surface area contributed by atoms with Gasteiger partial charge in [-0.1, -0.05) is 6.92 Å². The van der Waals surface area contributed by atoms with E-state index in [-0.39, 0.29) is 10.9 Å². The van der Waals surface area contributed by atoms with Crippen molar-refractivity contribution in [1.29, 1.82) is 0 Å². The topological polar surface area (TPSA) is 93.5 Å². The van der Waals surface area contributed by atoms with Crippen LogP contribution in [0.4, 0.5) is 5.69 Å². The van der Waals surface area contributed by atoms with Crippen LogP contribution in [0.5, 0.6) is 0 Å². The highest BCUT2D eigenvalue weighted by atomic mass is 32.2. The number of anilines is 1. The number of carbonyl (C=O) groups is 1. The lowest BCUT2D eigenvalue weighted by Crippen LogP contribution is -2.22. The van der Waals surface area contributed by atoms with Crippen LogP contribution in [0.25, 0.3) is 11.0 Å². The summed E-state index contributed by atoms with van der Waals surface area (Å²) >= 11 is 0. The van der Waals surface area contributed by atoms with E-state index in [9.17, 15) is 13.2 Å². The van der Waals surface area contributed by atoms with E-state index in [2.05, 4.69) is 16.8 Å². The highest BCUT2D eigenvalue weighted by Crippen LogP contribution is 2.23. The molecule has 0 radical (unpaired) electrons. The number of rotatable bonds is 9. The Labute approximate surface area is 182 Å². The number of esters is 1. The number of nitrogens with zero attached hydrogens (tertiary/aromatic N) is 3. The number of fused-ring (bicyclic) bond motifs is 1. The zero-order chi connectivity index (χ0) is 22.6. The van der Waals surface area contributed by atoms with Crippen molar-refractivity contribution in [1.82, 2.24) is 13.9 Å². The first-order valence-electron chi connectivity index (χ1n) is 10.2. The van der Waals surface area contributed by atoms with Crippen LogP contribution in [0, 0.1) is 0 Å². The van der Waals surface area contributed by atoms with E-state index in [4.69, 9.17) is 9.72 Å². The number of benzene rings is 2. The van der Waals surface area contributed by atoms with Gasteiger partial charge >= 0.3 is 5.97 Å². The molecule has 0 saturated heterocycles. The number of nitrogens with one attached hydrogen (secondary N) is 1. The quantitative estimate of drug-likeness (QED) is 0.508. The summed E-state index contributed by atoms with van der Waals surface area (Å²) in [5.74, 6) is 0.466. The van der Waals surface area contributed by atoms with Crippen LogP contribution in [0.2, 0.25) is 0 Å². The van der Waals surface area contributed by atoms with Gasteiger partial charge in [-0.2, -0.15) is 0 Å². The molecule has 166 valence electrons. The second kappa shape index (κ2) is 9.49. The number of sulfonamides is 1. The van der Waals surface area contributed by atoms with Crippen molar-refractivity contribution in [3.63, 3.8) is 0 Å². The van der Waals surface area contributed by atoms with Crippen molar-refractivity contribution in [2.45, 2.75) is 38.3 Å². The Morgan fingerprint density at radius 3 is 2.45 bits per heavy atom. The molecule has 0 aliphatic heterocycles. The predicted octanol–water partition coefficient (Wildman–Crippen LogP) is 3.49. The largest absolute Gasteiger partial charge is 0.462 e. The fourth-order valence-electron chi connectivity index (χ4n) is 3.26. The standard InChI is InChI=1S/C22H28N4O4S/c1-5-13-26-20-12-11-18(31(28,29)25(3)4)14-19(20)24-21(26)15-23-17-9-7-16(8-10-17)22(27)30-6-2/h7-12,14,23H,5-6,13,15H2,1-4H3. The van der Waals surface area contributed by atoms with E-state index in [0.29, 0.717) is 24.2 Å². The highest BCUT2D eigenvalue weighted by molar-refractivity contribution is 7.89. The number of ether oxygens (including phenoxy) is 1. The summed E-state index contributed by atoms with van der Waals surface area (Å²) < 4.78 is 33.2. The van der Waals surface area contributed by atoms with E-state index in [1.165, 1.54) is 18.4 Å². The fraction of sp³-hybridized carbons (Fsp3) is 0.364. The molecule has 9 heteroatoms. The first-order valence-corrected chi connectivity index (χ1v) is 11.6. The van der Waals surface area contributed by atoms with Gasteiger partial charge in [0.2, 0.25) is 10.0 Å². The Bertz CT molecular complexity index is 1170. The summed E-state index contributed by atoms with van der Waals surface area (Å²) in [5, 5.41) is 3.32. The van der Waals surface area contributed by atoms with Crippen LogP contribution in [0.15, 0.2) is 47.4 Å². The molecule has 8 nitrogen and oxygen atoms in total. The molecular formula is C22H28N4O4S. The molecule has 1 heterocycles. The Morgan fingerprint density at radius 2 is 1.84 bits per heavy atom. The van der Waals surface area contributed by atoms with Crippen molar-refractivity contribution in [2.24, 2.45) is 0 Å². The fourth-order valence-corrected chi connectivity index (χ4v) is 4.18. The third kappa shape index (κ3) is 4.88. The van der Waals surface area contributed by atoms with Crippen molar-refractivity contribution >= 4 is 32.7 Å². The van der Waals surface area contributed by atoms with Crippen LogP contribution in [0.3, 0.4) is 0 Å². The first kappa shape index (κ1) is 22.8. The maximum atomic E-state index is 12.5. The third-order valence-electron chi connectivity index (χ3n) is 4.87. The predicted molar refractivity (Wildman–Crippen MR) is 121 cm³/mol. The molecule has 0 aliphatic carbocycles. The maximum absolute atomic E-state index is 12.5. The lowest BCUT2D eigenvalue weighted by molar-refractivity contribution is 0.0526. The van der Waals surface area contributed by atoms with Crippen LogP contribution in [-0.4, -0.2) is 48.9 Å². The maximum Gasteiger partial charge on any atom is 0.338 e. The third-order valence-corrected chi connectivity index (χ3v) is 6.68. The number of imidazole rings is 1. The molecule has 0 amide bonds. The summed E-state index contributed by atoms with van der Waals surface area (Å²) in [4.78, 5) is 16.7. The lowest BCUT2D eigenvalue weighted by Gasteiger charge is -2.12. The van der Waals surface area contributed by atoms with Crippen LogP contribution < -0.4 is 5.32 Å². The van der Waals surface area contributed by atoms with Gasteiger partial charge in [0.05, 0.1) is 34.6 Å². The highest BCUT2D eigenvalue weighted by Gasteiger charge is 2.19. The molecule has 1 aromatic heterocycles. The van der Waals surface area contributed by atoms with Gasteiger partial charge in [0.15, 0.2) is 0 Å². The summed E-state index contributed by atoms with van der Waals surface area (Å²) in [6, 6.07) is 12.1. The molecule has 0 unspecified atom stereocenters. The number of hydrogen-bond donors (Lipinski definition) is 1. The minimum absolute atomic E-state index is 0.222. The zero-order valence-electron chi connectivity index (χ0n) is 18.3. The van der Waals surface area contributed by atoms with E-state index in [0.717, 1.165) is 30.0 Å². The molecule has 0 bridgehead atoms. The summed E-state index contributed by atoms with van der Waals surface area (Å²) in [5.41, 5.74) is 2.89. The molecular weight excluding hydrogens is 416 g/mol. The van der Waals surface area contributed by atoms with Crippen LogP contribution >= 0.6 is 0 Å². The Balaban J connectivity index is 1.85. The number of carbonyl (C=O) groups excluding carboxylic acids is 1. The monoisotopic (exact) mass is 444 g/mol. The van der Waals surface area contributed by atoms with E-state index in [1.807, 2.05) is 18.2 Å². The molecule has 0 atom stereocenters. The molecule has 3 rings (SSSR count). The van der Waals surface area contributed by atoms with Crippen LogP contribution in [-0.2, 0) is 27.8 Å². The van der Waals surface area contributed by atoms with Gasteiger partial charge in [-0.05, 0) is 55.8 Å². The van der Waals surface area contributed by atoms with E-state index < -0.39 is 10.0 Å². The summed E-state index contributed by atoms with van der Waals surface area (Å²) in [6.45, 7) is 5.43. The Hall–Kier alpha value is -2.91. The van der Waals surface area contributed by atoms with Gasteiger partial charge in [0.1, 0.15) is 5.82 Å². The average molecular weight is 445 g/mol. The van der Waals surface area contributed by atoms with Gasteiger partial charge in [-0.25, -0.2) is 22.5 Å². The van der Waals surface area contributed by atoms with Gasteiger partial charge < -0.3 is 14.6 Å². The summed E-state index contributed by atoms with van der Waals surface area (Å²) in [7, 11) is -0.501. The van der Waals surface area contributed by atoms with E-state index in [1.54, 1.807) is 31.2 Å². The zero-order valence-corrected chi connectivity index (χ0v) is 19.1. The Kier molecular flexibility index (Phi) is 6.97. The molecule has 0 fully saturated rings. The van der Waals surface area contributed by atoms with Crippen molar-refractivity contribution < 1.29 is 17.9 Å². The second-order valence-electron chi connectivity index (χ2n) is 7.27. The minimum atomic E-state index is -3.52. The van der Waals surface area contributed by atoms with Gasteiger partial charge in [-0.15, -0.1) is 0 Å². The molecule has 0 spiro atoms. The number of aryl methyl sites for hydroxylation is 1. The smallest absolute Gasteiger partial charge is 0.338 e. The second-order valence-corrected chi connectivity index (χ2v) is 9.42. The van der Waals surface area contributed by atoms with Gasteiger partial charge in [0.25, 0.3) is 0 Å². The normalized spacial score (nSPS) is 11.8. The SMILES string of the molecule is CCCn1c(CNc2ccc(C(=O)OCC)cc2)nc2cc(S(=O)(=O)N(C)C)ccc21. The molecule has 1 N–H and O–H groups in total. The number of aromatic nitrogens is 2. The molecule has 3 aromatic rings. The average Bonchev–Trinajstić information content (AvgIpc) is 3.09. The van der Waals surface area contributed by atoms with E-state index >= 15 is 0 Å². The van der Waals surface area contributed by atoms with Crippen molar-refractivity contribution in [3.8, 4) is 0 Å². The first-order chi connectivity index (χ1) is 14.8.